The third-order valence-corrected chi connectivity index (χ3v) is 6.29. The summed E-state index contributed by atoms with van der Waals surface area (Å²) in [5.74, 6) is -1.21. The highest BCUT2D eigenvalue weighted by atomic mass is 19.4. The molecule has 0 bridgehead atoms. The fourth-order valence-corrected chi connectivity index (χ4v) is 4.29. The van der Waals surface area contributed by atoms with Crippen molar-refractivity contribution in [1.82, 2.24) is 15.1 Å². The molecule has 0 saturated carbocycles. The number of ether oxygens (including phenoxy) is 1. The highest BCUT2D eigenvalue weighted by Crippen LogP contribution is 2.38. The van der Waals surface area contributed by atoms with Gasteiger partial charge in [-0.25, -0.2) is 9.48 Å². The monoisotopic (exact) mass is 500 g/mol. The van der Waals surface area contributed by atoms with E-state index < -0.39 is 35.4 Å². The highest BCUT2D eigenvalue weighted by Gasteiger charge is 2.44. The maximum atomic E-state index is 13.9. The lowest BCUT2D eigenvalue weighted by molar-refractivity contribution is -0.141. The number of halogens is 3. The van der Waals surface area contributed by atoms with Crippen LogP contribution in [0, 0.1) is 0 Å². The Labute approximate surface area is 206 Å². The lowest BCUT2D eigenvalue weighted by atomic mass is 10.1. The predicted octanol–water partition coefficient (Wildman–Crippen LogP) is 4.76. The second kappa shape index (κ2) is 10.0. The van der Waals surface area contributed by atoms with E-state index in [1.807, 2.05) is 31.2 Å². The minimum Gasteiger partial charge on any atom is -0.465 e. The Morgan fingerprint density at radius 3 is 2.28 bits per heavy atom. The molecule has 7 nitrogen and oxygen atoms in total. The molecule has 190 valence electrons. The molecule has 0 fully saturated rings. The largest absolute Gasteiger partial charge is 0.465 e. The summed E-state index contributed by atoms with van der Waals surface area (Å²) >= 11 is 0. The van der Waals surface area contributed by atoms with Gasteiger partial charge in [0.25, 0.3) is 5.91 Å². The fraction of sp³-hybridized carbons (Fsp3) is 0.346. The van der Waals surface area contributed by atoms with Crippen LogP contribution in [0.25, 0.3) is 0 Å². The number of esters is 1. The third kappa shape index (κ3) is 5.07. The number of carbonyl (C=O) groups is 2. The SMILES string of the molecule is CCc1ccc(CN2CCn3nc(C(F)(F)F)c(C(=O)NC(C)c4ccc(C(=O)OC)cc4)c32)cc1. The first kappa shape index (κ1) is 25.3. The molecule has 10 heteroatoms. The van der Waals surface area contributed by atoms with Crippen LogP contribution in [0.2, 0.25) is 0 Å². The summed E-state index contributed by atoms with van der Waals surface area (Å²) in [6.45, 7) is 4.77. The fourth-order valence-electron chi connectivity index (χ4n) is 4.29. The summed E-state index contributed by atoms with van der Waals surface area (Å²) in [5.41, 5.74) is 1.37. The van der Waals surface area contributed by atoms with E-state index in [1.54, 1.807) is 24.0 Å². The Morgan fingerprint density at radius 2 is 1.69 bits per heavy atom. The Balaban J connectivity index is 1.61. The number of methoxy groups -OCH3 is 1. The Bertz CT molecular complexity index is 1250. The average molecular weight is 501 g/mol. The second-order valence-electron chi connectivity index (χ2n) is 8.67. The summed E-state index contributed by atoms with van der Waals surface area (Å²) in [7, 11) is 1.27. The number of hydrogen-bond acceptors (Lipinski definition) is 5. The number of nitrogens with one attached hydrogen (secondary N) is 1. The van der Waals surface area contributed by atoms with Gasteiger partial charge in [0, 0.05) is 13.1 Å². The van der Waals surface area contributed by atoms with Crippen molar-refractivity contribution >= 4 is 17.7 Å². The maximum Gasteiger partial charge on any atom is 0.436 e. The molecule has 2 aromatic carbocycles. The van der Waals surface area contributed by atoms with Crippen LogP contribution >= 0.6 is 0 Å². The number of nitrogens with zero attached hydrogens (tertiary/aromatic N) is 3. The lowest BCUT2D eigenvalue weighted by Gasteiger charge is -2.21. The zero-order valence-electron chi connectivity index (χ0n) is 20.2. The van der Waals surface area contributed by atoms with Gasteiger partial charge in [-0.05, 0) is 42.2 Å². The second-order valence-corrected chi connectivity index (χ2v) is 8.67. The molecule has 1 amide bonds. The van der Waals surface area contributed by atoms with Crippen molar-refractivity contribution in [3.8, 4) is 0 Å². The van der Waals surface area contributed by atoms with E-state index in [1.165, 1.54) is 29.5 Å². The van der Waals surface area contributed by atoms with Crippen molar-refractivity contribution in [1.29, 1.82) is 0 Å². The predicted molar refractivity (Wildman–Crippen MR) is 128 cm³/mol. The van der Waals surface area contributed by atoms with Gasteiger partial charge in [-0.1, -0.05) is 43.3 Å². The minimum absolute atomic E-state index is 0.160. The number of aromatic nitrogens is 2. The van der Waals surface area contributed by atoms with Crippen LogP contribution in [0.1, 0.15) is 63.0 Å². The Hall–Kier alpha value is -3.82. The Kier molecular flexibility index (Phi) is 7.05. The number of fused-ring (bicyclic) bond motifs is 1. The number of amides is 1. The molecule has 1 atom stereocenters. The van der Waals surface area contributed by atoms with Crippen LogP contribution in [0.4, 0.5) is 19.0 Å². The van der Waals surface area contributed by atoms with Crippen LogP contribution in [-0.4, -0.2) is 35.3 Å². The van der Waals surface area contributed by atoms with Gasteiger partial charge in [0.2, 0.25) is 0 Å². The van der Waals surface area contributed by atoms with Crippen molar-refractivity contribution in [3.63, 3.8) is 0 Å². The van der Waals surface area contributed by atoms with Gasteiger partial charge in [0.05, 0.1) is 25.3 Å². The van der Waals surface area contributed by atoms with Gasteiger partial charge < -0.3 is 15.0 Å². The van der Waals surface area contributed by atoms with Crippen molar-refractivity contribution in [2.45, 2.75) is 45.6 Å². The van der Waals surface area contributed by atoms with E-state index in [4.69, 9.17) is 0 Å². The molecule has 0 spiro atoms. The molecule has 4 rings (SSSR count). The van der Waals surface area contributed by atoms with Crippen molar-refractivity contribution < 1.29 is 27.5 Å². The normalized spacial score (nSPS) is 13.9. The number of anilines is 1. The van der Waals surface area contributed by atoms with E-state index in [0.29, 0.717) is 24.2 Å². The van der Waals surface area contributed by atoms with Gasteiger partial charge in [-0.15, -0.1) is 0 Å². The van der Waals surface area contributed by atoms with Gasteiger partial charge >= 0.3 is 12.1 Å². The molecule has 1 aromatic heterocycles. The summed E-state index contributed by atoms with van der Waals surface area (Å²) in [6, 6.07) is 13.6. The van der Waals surface area contributed by atoms with Crippen LogP contribution in [0.3, 0.4) is 0 Å². The topological polar surface area (TPSA) is 76.5 Å². The van der Waals surface area contributed by atoms with Gasteiger partial charge in [0.1, 0.15) is 11.4 Å². The molecule has 1 N–H and O–H groups in total. The molecule has 36 heavy (non-hydrogen) atoms. The molecule has 0 radical (unpaired) electrons. The zero-order chi connectivity index (χ0) is 26.0. The van der Waals surface area contributed by atoms with Crippen molar-refractivity contribution in [2.24, 2.45) is 0 Å². The quantitative estimate of drug-likeness (QED) is 0.474. The van der Waals surface area contributed by atoms with E-state index >= 15 is 0 Å². The molecule has 0 saturated heterocycles. The smallest absolute Gasteiger partial charge is 0.436 e. The molecule has 0 aliphatic carbocycles. The maximum absolute atomic E-state index is 13.9. The lowest BCUT2D eigenvalue weighted by Crippen LogP contribution is -2.31. The Morgan fingerprint density at radius 1 is 1.06 bits per heavy atom. The molecular formula is C26H27F3N4O3. The van der Waals surface area contributed by atoms with Gasteiger partial charge in [-0.3, -0.25) is 4.79 Å². The van der Waals surface area contributed by atoms with E-state index in [-0.39, 0.29) is 12.4 Å². The number of rotatable bonds is 7. The molecule has 1 unspecified atom stereocenters. The van der Waals surface area contributed by atoms with Gasteiger partial charge in [0.15, 0.2) is 5.69 Å². The molecule has 1 aliphatic heterocycles. The highest BCUT2D eigenvalue weighted by molar-refractivity contribution is 6.01. The molecular weight excluding hydrogens is 473 g/mol. The molecule has 3 aromatic rings. The van der Waals surface area contributed by atoms with Gasteiger partial charge in [-0.2, -0.15) is 18.3 Å². The zero-order valence-corrected chi connectivity index (χ0v) is 20.2. The molecule has 2 heterocycles. The first-order valence-electron chi connectivity index (χ1n) is 11.6. The van der Waals surface area contributed by atoms with Crippen LogP contribution in [0.15, 0.2) is 48.5 Å². The van der Waals surface area contributed by atoms with Crippen LogP contribution in [0.5, 0.6) is 0 Å². The number of aryl methyl sites for hydroxylation is 1. The van der Waals surface area contributed by atoms with Crippen LogP contribution < -0.4 is 10.2 Å². The summed E-state index contributed by atoms with van der Waals surface area (Å²) in [4.78, 5) is 26.7. The van der Waals surface area contributed by atoms with E-state index in [0.717, 1.165) is 12.0 Å². The average Bonchev–Trinajstić information content (AvgIpc) is 3.44. The number of alkyl halides is 3. The minimum atomic E-state index is -4.79. The third-order valence-electron chi connectivity index (χ3n) is 6.29. The standard InChI is InChI=1S/C26H27F3N4O3/c1-4-17-5-7-18(8-6-17)15-32-13-14-33-24(32)21(22(31-33)26(27,28)29)23(34)30-16(2)19-9-11-20(12-10-19)25(35)36-3/h5-12,16H,4,13-15H2,1-3H3,(H,30,34). The van der Waals surface area contributed by atoms with E-state index in [2.05, 4.69) is 15.2 Å². The summed E-state index contributed by atoms with van der Waals surface area (Å²) in [5, 5.41) is 6.43. The number of carbonyl (C=O) groups excluding carboxylic acids is 2. The number of hydrogen-bond donors (Lipinski definition) is 1. The van der Waals surface area contributed by atoms with E-state index in [9.17, 15) is 22.8 Å². The first-order chi connectivity index (χ1) is 17.1. The molecule has 1 aliphatic rings. The summed E-state index contributed by atoms with van der Waals surface area (Å²) < 4.78 is 47.6. The summed E-state index contributed by atoms with van der Waals surface area (Å²) in [6.07, 6.45) is -3.90. The van der Waals surface area contributed by atoms with Crippen LogP contribution in [-0.2, 0) is 30.4 Å². The van der Waals surface area contributed by atoms with Crippen molar-refractivity contribution in [2.75, 3.05) is 18.6 Å². The first-order valence-corrected chi connectivity index (χ1v) is 11.6. The van der Waals surface area contributed by atoms with Crippen molar-refractivity contribution in [3.05, 3.63) is 82.0 Å². The number of benzene rings is 2.